The van der Waals surface area contributed by atoms with E-state index < -0.39 is 0 Å². The second-order valence-electron chi connectivity index (χ2n) is 10.8. The van der Waals surface area contributed by atoms with Gasteiger partial charge in [-0.05, 0) is 60.5 Å². The fraction of sp³-hybridized carbons (Fsp3) is 0.393. The molecule has 0 amide bonds. The first-order chi connectivity index (χ1) is 17.2. The van der Waals surface area contributed by atoms with E-state index in [9.17, 15) is 4.39 Å². The maximum absolute atomic E-state index is 13.7. The highest BCUT2D eigenvalue weighted by molar-refractivity contribution is 5.80. The lowest BCUT2D eigenvalue weighted by Gasteiger charge is -2.32. The standard InChI is InChI=1S/C28H34FN7/c1-28(2,3)19-31-27-30-11-9-23(32-27)26-25(21-5-7-22(29)8-6-21)33-24-17-20(10-12-36(24)26)18-35-15-13-34(4)14-16-35/h5-12,17H,13-16,18-19H2,1-4H3,(H,30,31,32). The Balaban J connectivity index is 1.54. The molecule has 8 heteroatoms. The number of hydrogen-bond donors (Lipinski definition) is 1. The monoisotopic (exact) mass is 487 g/mol. The van der Waals surface area contributed by atoms with Crippen molar-refractivity contribution >= 4 is 11.6 Å². The average Bonchev–Trinajstić information content (AvgIpc) is 3.23. The Bertz CT molecular complexity index is 1330. The van der Waals surface area contributed by atoms with Crippen LogP contribution in [0.3, 0.4) is 0 Å². The van der Waals surface area contributed by atoms with Crippen LogP contribution < -0.4 is 5.32 Å². The number of nitrogens with zero attached hydrogens (tertiary/aromatic N) is 6. The van der Waals surface area contributed by atoms with Crippen molar-refractivity contribution in [2.45, 2.75) is 27.3 Å². The maximum Gasteiger partial charge on any atom is 0.223 e. The van der Waals surface area contributed by atoms with Gasteiger partial charge in [0.1, 0.15) is 11.5 Å². The molecule has 1 aliphatic heterocycles. The summed E-state index contributed by atoms with van der Waals surface area (Å²) in [6.07, 6.45) is 3.84. The van der Waals surface area contributed by atoms with Crippen molar-refractivity contribution < 1.29 is 4.39 Å². The van der Waals surface area contributed by atoms with Crippen LogP contribution in [0, 0.1) is 11.2 Å². The van der Waals surface area contributed by atoms with Crippen LogP contribution in [0.1, 0.15) is 26.3 Å². The number of piperazine rings is 1. The molecule has 1 aliphatic rings. The Labute approximate surface area is 212 Å². The summed E-state index contributed by atoms with van der Waals surface area (Å²) < 4.78 is 15.8. The van der Waals surface area contributed by atoms with Gasteiger partial charge in [0, 0.05) is 57.2 Å². The Hall–Kier alpha value is -3.36. The van der Waals surface area contributed by atoms with Crippen molar-refractivity contribution in [3.63, 3.8) is 0 Å². The number of imidazole rings is 1. The van der Waals surface area contributed by atoms with Gasteiger partial charge in [0.05, 0.1) is 17.1 Å². The zero-order valence-corrected chi connectivity index (χ0v) is 21.5. The van der Waals surface area contributed by atoms with Crippen LogP contribution >= 0.6 is 0 Å². The van der Waals surface area contributed by atoms with Crippen molar-refractivity contribution in [2.24, 2.45) is 5.41 Å². The molecule has 188 valence electrons. The zero-order valence-electron chi connectivity index (χ0n) is 21.5. The molecule has 0 radical (unpaired) electrons. The smallest absolute Gasteiger partial charge is 0.223 e. The van der Waals surface area contributed by atoms with Crippen LogP contribution in [-0.2, 0) is 6.54 Å². The molecule has 1 saturated heterocycles. The Morgan fingerprint density at radius 3 is 2.44 bits per heavy atom. The highest BCUT2D eigenvalue weighted by atomic mass is 19.1. The molecule has 3 aromatic heterocycles. The SMILES string of the molecule is CN1CCN(Cc2ccn3c(-c4ccnc(NCC(C)(C)C)n4)c(-c4ccc(F)cc4)nc3c2)CC1. The Morgan fingerprint density at radius 2 is 1.72 bits per heavy atom. The summed E-state index contributed by atoms with van der Waals surface area (Å²) >= 11 is 0. The fourth-order valence-corrected chi connectivity index (χ4v) is 4.42. The molecule has 0 spiro atoms. The molecule has 4 heterocycles. The van der Waals surface area contributed by atoms with Gasteiger partial charge >= 0.3 is 0 Å². The lowest BCUT2D eigenvalue weighted by atomic mass is 9.97. The summed E-state index contributed by atoms with van der Waals surface area (Å²) in [4.78, 5) is 19.1. The molecule has 0 atom stereocenters. The van der Waals surface area contributed by atoms with E-state index in [1.54, 1.807) is 18.3 Å². The van der Waals surface area contributed by atoms with Gasteiger partial charge in [0.2, 0.25) is 5.95 Å². The first-order valence-electron chi connectivity index (χ1n) is 12.5. The van der Waals surface area contributed by atoms with E-state index >= 15 is 0 Å². The summed E-state index contributed by atoms with van der Waals surface area (Å²) in [7, 11) is 2.17. The molecular weight excluding hydrogens is 453 g/mol. The molecule has 5 rings (SSSR count). The minimum absolute atomic E-state index is 0.0993. The van der Waals surface area contributed by atoms with E-state index in [2.05, 4.69) is 70.6 Å². The molecule has 4 aromatic rings. The molecule has 1 N–H and O–H groups in total. The zero-order chi connectivity index (χ0) is 25.3. The lowest BCUT2D eigenvalue weighted by Crippen LogP contribution is -2.43. The molecule has 0 unspecified atom stereocenters. The van der Waals surface area contributed by atoms with E-state index in [0.29, 0.717) is 5.95 Å². The van der Waals surface area contributed by atoms with Gasteiger partial charge in [-0.25, -0.2) is 19.3 Å². The molecule has 36 heavy (non-hydrogen) atoms. The molecule has 7 nitrogen and oxygen atoms in total. The molecule has 0 aliphatic carbocycles. The van der Waals surface area contributed by atoms with E-state index in [4.69, 9.17) is 9.97 Å². The summed E-state index contributed by atoms with van der Waals surface area (Å²) in [6, 6.07) is 12.7. The maximum atomic E-state index is 13.7. The van der Waals surface area contributed by atoms with E-state index in [1.807, 2.05) is 6.07 Å². The average molecular weight is 488 g/mol. The number of rotatable bonds is 6. The topological polar surface area (TPSA) is 61.6 Å². The summed E-state index contributed by atoms with van der Waals surface area (Å²) in [6.45, 7) is 12.5. The van der Waals surface area contributed by atoms with E-state index in [0.717, 1.165) is 67.6 Å². The van der Waals surface area contributed by atoms with Gasteiger partial charge in [0.15, 0.2) is 0 Å². The fourth-order valence-electron chi connectivity index (χ4n) is 4.42. The van der Waals surface area contributed by atoms with Crippen LogP contribution in [0.4, 0.5) is 10.3 Å². The Kier molecular flexibility index (Phi) is 6.73. The molecule has 0 saturated carbocycles. The molecule has 0 bridgehead atoms. The summed E-state index contributed by atoms with van der Waals surface area (Å²) in [5.74, 6) is 0.309. The first kappa shape index (κ1) is 24.3. The van der Waals surface area contributed by atoms with E-state index in [1.165, 1.54) is 17.7 Å². The molecule has 1 fully saturated rings. The molecular formula is C28H34FN7. The van der Waals surface area contributed by atoms with Crippen LogP contribution in [0.5, 0.6) is 0 Å². The minimum Gasteiger partial charge on any atom is -0.354 e. The third-order valence-corrected chi connectivity index (χ3v) is 6.49. The Morgan fingerprint density at radius 1 is 0.972 bits per heavy atom. The number of hydrogen-bond acceptors (Lipinski definition) is 6. The van der Waals surface area contributed by atoms with Gasteiger partial charge in [-0.1, -0.05) is 20.8 Å². The molecule has 1 aromatic carbocycles. The van der Waals surface area contributed by atoms with Crippen LogP contribution in [-0.4, -0.2) is 68.9 Å². The predicted octanol–water partition coefficient (Wildman–Crippen LogP) is 4.80. The number of likely N-dealkylation sites (N-methyl/N-ethyl adjacent to an activating group) is 1. The van der Waals surface area contributed by atoms with Crippen molar-refractivity contribution in [1.29, 1.82) is 0 Å². The normalized spacial score (nSPS) is 15.5. The number of nitrogens with one attached hydrogen (secondary N) is 1. The second-order valence-corrected chi connectivity index (χ2v) is 10.8. The predicted molar refractivity (Wildman–Crippen MR) is 142 cm³/mol. The quantitative estimate of drug-likeness (QED) is 0.422. The van der Waals surface area contributed by atoms with Gasteiger partial charge in [-0.15, -0.1) is 0 Å². The van der Waals surface area contributed by atoms with Gasteiger partial charge < -0.3 is 10.2 Å². The second kappa shape index (κ2) is 9.95. The van der Waals surface area contributed by atoms with Crippen LogP contribution in [0.2, 0.25) is 0 Å². The first-order valence-corrected chi connectivity index (χ1v) is 12.5. The number of benzene rings is 1. The lowest BCUT2D eigenvalue weighted by molar-refractivity contribution is 0.148. The largest absolute Gasteiger partial charge is 0.354 e. The number of anilines is 1. The number of aromatic nitrogens is 4. The van der Waals surface area contributed by atoms with Gasteiger partial charge in [0.25, 0.3) is 0 Å². The van der Waals surface area contributed by atoms with Gasteiger partial charge in [-0.2, -0.15) is 0 Å². The summed E-state index contributed by atoms with van der Waals surface area (Å²) in [5.41, 5.74) is 5.42. The third kappa shape index (κ3) is 5.55. The van der Waals surface area contributed by atoms with Crippen LogP contribution in [0.25, 0.3) is 28.3 Å². The highest BCUT2D eigenvalue weighted by Crippen LogP contribution is 2.32. The van der Waals surface area contributed by atoms with Crippen molar-refractivity contribution in [1.82, 2.24) is 29.2 Å². The van der Waals surface area contributed by atoms with E-state index in [-0.39, 0.29) is 11.2 Å². The third-order valence-electron chi connectivity index (χ3n) is 6.49. The number of fused-ring (bicyclic) bond motifs is 1. The van der Waals surface area contributed by atoms with Crippen molar-refractivity contribution in [3.05, 3.63) is 66.2 Å². The summed E-state index contributed by atoms with van der Waals surface area (Å²) in [5, 5.41) is 3.35. The minimum atomic E-state index is -0.269. The number of pyridine rings is 1. The number of halogens is 1. The van der Waals surface area contributed by atoms with Crippen molar-refractivity contribution in [2.75, 3.05) is 45.1 Å². The van der Waals surface area contributed by atoms with Crippen molar-refractivity contribution in [3.8, 4) is 22.6 Å². The van der Waals surface area contributed by atoms with Gasteiger partial charge in [-0.3, -0.25) is 9.30 Å². The van der Waals surface area contributed by atoms with Crippen LogP contribution in [0.15, 0.2) is 54.9 Å². The highest BCUT2D eigenvalue weighted by Gasteiger charge is 2.20.